The molecule has 0 bridgehead atoms. The Labute approximate surface area is 150 Å². The normalized spacial score (nSPS) is 14.2. The summed E-state index contributed by atoms with van der Waals surface area (Å²) in [5.41, 5.74) is 1.88. The minimum atomic E-state index is -2.94. The Hall–Kier alpha value is -2.48. The first-order valence-corrected chi connectivity index (χ1v) is 8.37. The maximum Gasteiger partial charge on any atom is 0.268 e. The van der Waals surface area contributed by atoms with Gasteiger partial charge in [-0.05, 0) is 5.56 Å². The lowest BCUT2D eigenvalue weighted by Gasteiger charge is -2.27. The van der Waals surface area contributed by atoms with Gasteiger partial charge in [0.1, 0.15) is 19.8 Å². The Morgan fingerprint density at radius 2 is 2.04 bits per heavy atom. The van der Waals surface area contributed by atoms with Crippen LogP contribution in [0, 0.1) is 0 Å². The molecule has 0 atom stereocenters. The molecule has 0 N–H and O–H groups in total. The molecule has 2 heterocycles. The Balaban J connectivity index is 1.52. The van der Waals surface area contributed by atoms with E-state index in [0.29, 0.717) is 32.1 Å². The lowest BCUT2D eigenvalue weighted by molar-refractivity contribution is -0.141. The first-order chi connectivity index (χ1) is 12.4. The monoisotopic (exact) mass is 365 g/mol. The third-order valence-electron chi connectivity index (χ3n) is 3.94. The highest BCUT2D eigenvalue weighted by molar-refractivity contribution is 5.77. The number of amides is 1. The number of nitrogens with zero attached hydrogens (tertiary/aromatic N) is 3. The number of alkyl halides is 2. The Morgan fingerprint density at radius 1 is 1.27 bits per heavy atom. The highest BCUT2D eigenvalue weighted by Crippen LogP contribution is 2.19. The fourth-order valence-corrected chi connectivity index (χ4v) is 2.66. The number of halogens is 2. The van der Waals surface area contributed by atoms with Gasteiger partial charge in [0.25, 0.3) is 5.92 Å². The molecule has 1 amide bonds. The van der Waals surface area contributed by atoms with Crippen molar-refractivity contribution >= 4 is 5.91 Å². The molecule has 0 spiro atoms. The first kappa shape index (κ1) is 18.3. The van der Waals surface area contributed by atoms with Gasteiger partial charge in [-0.15, -0.1) is 5.10 Å². The molecular weight excluding hydrogens is 344 g/mol. The molecule has 140 valence electrons. The maximum absolute atomic E-state index is 12.7. The van der Waals surface area contributed by atoms with Gasteiger partial charge in [0.2, 0.25) is 11.8 Å². The van der Waals surface area contributed by atoms with Crippen LogP contribution in [-0.2, 0) is 29.2 Å². The zero-order chi connectivity index (χ0) is 18.6. The molecule has 1 aromatic carbocycles. The average molecular weight is 365 g/mol. The SMILES string of the molecule is CC(F)(F)COCC(=O)N1CCn2nc(OCc3ccccc3)cc2C1. The fraction of sp³-hybridized carbons (Fsp3) is 0.444. The van der Waals surface area contributed by atoms with Gasteiger partial charge >= 0.3 is 0 Å². The number of fused-ring (bicyclic) bond motifs is 1. The van der Waals surface area contributed by atoms with Crippen LogP contribution in [0.25, 0.3) is 0 Å². The fourth-order valence-electron chi connectivity index (χ4n) is 2.66. The molecule has 2 aromatic rings. The molecule has 0 fully saturated rings. The predicted molar refractivity (Wildman–Crippen MR) is 89.9 cm³/mol. The summed E-state index contributed by atoms with van der Waals surface area (Å²) in [7, 11) is 0. The van der Waals surface area contributed by atoms with Crippen LogP contribution in [0.15, 0.2) is 36.4 Å². The van der Waals surface area contributed by atoms with Gasteiger partial charge in [0.15, 0.2) is 0 Å². The summed E-state index contributed by atoms with van der Waals surface area (Å²) < 4.78 is 37.8. The molecule has 1 aliphatic rings. The van der Waals surface area contributed by atoms with Crippen LogP contribution in [0.5, 0.6) is 5.88 Å². The summed E-state index contributed by atoms with van der Waals surface area (Å²) in [4.78, 5) is 13.7. The van der Waals surface area contributed by atoms with Crippen molar-refractivity contribution in [2.24, 2.45) is 0 Å². The zero-order valence-corrected chi connectivity index (χ0v) is 14.5. The lowest BCUT2D eigenvalue weighted by atomic mass is 10.2. The number of hydrogen-bond donors (Lipinski definition) is 0. The van der Waals surface area contributed by atoms with E-state index >= 15 is 0 Å². The summed E-state index contributed by atoms with van der Waals surface area (Å²) in [6.07, 6.45) is 0. The van der Waals surface area contributed by atoms with Gasteiger partial charge in [0.05, 0.1) is 18.8 Å². The summed E-state index contributed by atoms with van der Waals surface area (Å²) >= 11 is 0. The Morgan fingerprint density at radius 3 is 2.77 bits per heavy atom. The number of rotatable bonds is 7. The molecule has 0 radical (unpaired) electrons. The standard InChI is InChI=1S/C18H21F2N3O3/c1-18(19,20)13-25-12-17(24)22-7-8-23-15(10-22)9-16(21-23)26-11-14-5-3-2-4-6-14/h2-6,9H,7-8,10-13H2,1H3. The van der Waals surface area contributed by atoms with Crippen molar-refractivity contribution in [3.63, 3.8) is 0 Å². The number of carbonyl (C=O) groups is 1. The topological polar surface area (TPSA) is 56.6 Å². The van der Waals surface area contributed by atoms with Crippen LogP contribution in [0.2, 0.25) is 0 Å². The number of carbonyl (C=O) groups excluding carboxylic acids is 1. The Bertz CT molecular complexity index is 744. The first-order valence-electron chi connectivity index (χ1n) is 8.37. The largest absolute Gasteiger partial charge is 0.472 e. The highest BCUT2D eigenvalue weighted by Gasteiger charge is 2.25. The third kappa shape index (κ3) is 5.01. The molecular formula is C18H21F2N3O3. The highest BCUT2D eigenvalue weighted by atomic mass is 19.3. The minimum absolute atomic E-state index is 0.312. The third-order valence-corrected chi connectivity index (χ3v) is 3.94. The van der Waals surface area contributed by atoms with Crippen molar-refractivity contribution in [3.8, 4) is 5.88 Å². The second kappa shape index (κ2) is 7.82. The van der Waals surface area contributed by atoms with E-state index in [4.69, 9.17) is 9.47 Å². The number of hydrogen-bond acceptors (Lipinski definition) is 4. The van der Waals surface area contributed by atoms with E-state index in [9.17, 15) is 13.6 Å². The average Bonchev–Trinajstić information content (AvgIpc) is 3.01. The van der Waals surface area contributed by atoms with Crippen LogP contribution in [0.1, 0.15) is 18.2 Å². The van der Waals surface area contributed by atoms with E-state index < -0.39 is 12.5 Å². The van der Waals surface area contributed by atoms with E-state index in [1.807, 2.05) is 30.3 Å². The molecule has 8 heteroatoms. The van der Waals surface area contributed by atoms with Crippen LogP contribution < -0.4 is 4.74 Å². The van der Waals surface area contributed by atoms with Crippen molar-refractivity contribution < 1.29 is 23.0 Å². The van der Waals surface area contributed by atoms with Crippen LogP contribution in [0.4, 0.5) is 8.78 Å². The van der Waals surface area contributed by atoms with Gasteiger partial charge in [-0.1, -0.05) is 30.3 Å². The molecule has 1 aromatic heterocycles. The molecule has 0 aliphatic carbocycles. The Kier molecular flexibility index (Phi) is 5.51. The van der Waals surface area contributed by atoms with E-state index in [-0.39, 0.29) is 12.5 Å². The van der Waals surface area contributed by atoms with E-state index in [1.54, 1.807) is 15.6 Å². The van der Waals surface area contributed by atoms with Crippen molar-refractivity contribution in [2.75, 3.05) is 19.8 Å². The molecule has 0 saturated heterocycles. The number of benzene rings is 1. The van der Waals surface area contributed by atoms with Gasteiger partial charge in [-0.2, -0.15) is 0 Å². The minimum Gasteiger partial charge on any atom is -0.472 e. The van der Waals surface area contributed by atoms with Crippen molar-refractivity contribution in [3.05, 3.63) is 47.7 Å². The quantitative estimate of drug-likeness (QED) is 0.756. The smallest absolute Gasteiger partial charge is 0.268 e. The van der Waals surface area contributed by atoms with E-state index in [1.165, 1.54) is 0 Å². The predicted octanol–water partition coefficient (Wildman–Crippen LogP) is 2.48. The van der Waals surface area contributed by atoms with E-state index in [2.05, 4.69) is 5.10 Å². The number of aromatic nitrogens is 2. The van der Waals surface area contributed by atoms with Gasteiger partial charge in [0, 0.05) is 19.5 Å². The molecule has 3 rings (SSSR count). The van der Waals surface area contributed by atoms with Crippen LogP contribution >= 0.6 is 0 Å². The van der Waals surface area contributed by atoms with Gasteiger partial charge < -0.3 is 14.4 Å². The zero-order valence-electron chi connectivity index (χ0n) is 14.5. The van der Waals surface area contributed by atoms with Crippen LogP contribution in [0.3, 0.4) is 0 Å². The van der Waals surface area contributed by atoms with Gasteiger partial charge in [-0.3, -0.25) is 9.48 Å². The summed E-state index contributed by atoms with van der Waals surface area (Å²) in [5, 5.41) is 4.38. The maximum atomic E-state index is 12.7. The molecule has 26 heavy (non-hydrogen) atoms. The molecule has 1 aliphatic heterocycles. The second-order valence-corrected chi connectivity index (χ2v) is 6.35. The summed E-state index contributed by atoms with van der Waals surface area (Å²) in [6, 6.07) is 11.6. The van der Waals surface area contributed by atoms with Crippen LogP contribution in [-0.4, -0.2) is 46.3 Å². The molecule has 0 unspecified atom stereocenters. The van der Waals surface area contributed by atoms with Crippen molar-refractivity contribution in [1.29, 1.82) is 0 Å². The summed E-state index contributed by atoms with van der Waals surface area (Å²) in [6.45, 7) is 1.40. The van der Waals surface area contributed by atoms with E-state index in [0.717, 1.165) is 18.2 Å². The summed E-state index contributed by atoms with van der Waals surface area (Å²) in [5.74, 6) is -2.75. The van der Waals surface area contributed by atoms with Crippen molar-refractivity contribution in [1.82, 2.24) is 14.7 Å². The second-order valence-electron chi connectivity index (χ2n) is 6.35. The molecule has 0 saturated carbocycles. The van der Waals surface area contributed by atoms with Crippen molar-refractivity contribution in [2.45, 2.75) is 32.5 Å². The van der Waals surface area contributed by atoms with Gasteiger partial charge in [-0.25, -0.2) is 8.78 Å². The molecule has 6 nitrogen and oxygen atoms in total. The number of ether oxygens (including phenoxy) is 2. The lowest BCUT2D eigenvalue weighted by Crippen LogP contribution is -2.40.